The van der Waals surface area contributed by atoms with Crippen molar-refractivity contribution < 1.29 is 13.2 Å². The van der Waals surface area contributed by atoms with Gasteiger partial charge in [-0.1, -0.05) is 13.3 Å². The van der Waals surface area contributed by atoms with Gasteiger partial charge in [-0.2, -0.15) is 0 Å². The quantitative estimate of drug-likeness (QED) is 0.838. The van der Waals surface area contributed by atoms with Gasteiger partial charge in [-0.05, 0) is 12.5 Å². The Labute approximate surface area is 135 Å². The molecule has 1 heterocycles. The van der Waals surface area contributed by atoms with E-state index in [4.69, 9.17) is 0 Å². The number of benzene rings is 1. The first-order chi connectivity index (χ1) is 9.13. The van der Waals surface area contributed by atoms with Gasteiger partial charge in [0.25, 0.3) is 0 Å². The highest BCUT2D eigenvalue weighted by Crippen LogP contribution is 2.29. The molecule has 0 unspecified atom stereocenters. The third kappa shape index (κ3) is 5.02. The Morgan fingerprint density at radius 3 is 2.33 bits per heavy atom. The minimum absolute atomic E-state index is 0. The summed E-state index contributed by atoms with van der Waals surface area (Å²) in [5.41, 5.74) is 0.140. The van der Waals surface area contributed by atoms with E-state index in [1.54, 1.807) is 0 Å². The molecular formula is C14H21Cl2F3N2. The Hall–Kier alpha value is -0.490. The van der Waals surface area contributed by atoms with Crippen LogP contribution in [0.15, 0.2) is 12.1 Å². The standard InChI is InChI=1S/C14H19F3N2.2ClH/c1-2-3-13(19-6-4-18-5-7-19)11-8-10(15)9-12(16)14(11)17;;/h8-9,13,18H,2-7H2,1H3;2*1H/t13-;;/m1../s1. The average molecular weight is 345 g/mol. The van der Waals surface area contributed by atoms with E-state index in [1.165, 1.54) is 0 Å². The maximum atomic E-state index is 13.9. The van der Waals surface area contributed by atoms with Crippen molar-refractivity contribution in [3.8, 4) is 0 Å². The minimum atomic E-state index is -1.11. The molecule has 2 nitrogen and oxygen atoms in total. The highest BCUT2D eigenvalue weighted by Gasteiger charge is 2.26. The highest BCUT2D eigenvalue weighted by atomic mass is 35.5. The molecule has 7 heteroatoms. The molecule has 1 atom stereocenters. The van der Waals surface area contributed by atoms with Crippen LogP contribution in [0.4, 0.5) is 13.2 Å². The fourth-order valence-corrected chi connectivity index (χ4v) is 2.62. The van der Waals surface area contributed by atoms with Crippen molar-refractivity contribution in [2.45, 2.75) is 25.8 Å². The van der Waals surface area contributed by atoms with Crippen LogP contribution < -0.4 is 5.32 Å². The summed E-state index contributed by atoms with van der Waals surface area (Å²) in [4.78, 5) is 2.09. The van der Waals surface area contributed by atoms with E-state index in [9.17, 15) is 13.2 Å². The topological polar surface area (TPSA) is 15.3 Å². The maximum absolute atomic E-state index is 13.9. The summed E-state index contributed by atoms with van der Waals surface area (Å²) >= 11 is 0. The van der Waals surface area contributed by atoms with E-state index < -0.39 is 17.5 Å². The molecule has 1 aromatic rings. The van der Waals surface area contributed by atoms with E-state index in [0.717, 1.165) is 38.7 Å². The molecule has 122 valence electrons. The molecule has 0 aliphatic carbocycles. The lowest BCUT2D eigenvalue weighted by Crippen LogP contribution is -2.45. The molecule has 0 bridgehead atoms. The van der Waals surface area contributed by atoms with Gasteiger partial charge in [0, 0.05) is 43.9 Å². The van der Waals surface area contributed by atoms with Crippen LogP contribution in [0, 0.1) is 17.5 Å². The first-order valence-corrected chi connectivity index (χ1v) is 6.72. The Morgan fingerprint density at radius 2 is 1.76 bits per heavy atom. The number of halogens is 5. The molecule has 0 amide bonds. The van der Waals surface area contributed by atoms with Gasteiger partial charge in [0.1, 0.15) is 5.82 Å². The molecule has 1 aliphatic heterocycles. The van der Waals surface area contributed by atoms with Crippen molar-refractivity contribution in [3.63, 3.8) is 0 Å². The SMILES string of the molecule is CCC[C@H](c1cc(F)cc(F)c1F)N1CCNCC1.Cl.Cl. The third-order valence-electron chi connectivity index (χ3n) is 3.53. The Balaban J connectivity index is 0.00000200. The summed E-state index contributed by atoms with van der Waals surface area (Å²) in [5.74, 6) is -2.74. The molecule has 0 aromatic heterocycles. The predicted molar refractivity (Wildman–Crippen MR) is 82.9 cm³/mol. The molecule has 1 saturated heterocycles. The van der Waals surface area contributed by atoms with Crippen molar-refractivity contribution in [2.24, 2.45) is 0 Å². The summed E-state index contributed by atoms with van der Waals surface area (Å²) < 4.78 is 40.6. The molecule has 0 spiro atoms. The molecule has 1 aliphatic rings. The van der Waals surface area contributed by atoms with E-state index in [-0.39, 0.29) is 36.4 Å². The van der Waals surface area contributed by atoms with Crippen molar-refractivity contribution in [3.05, 3.63) is 35.1 Å². The van der Waals surface area contributed by atoms with Crippen molar-refractivity contribution in [1.82, 2.24) is 10.2 Å². The van der Waals surface area contributed by atoms with Gasteiger partial charge in [-0.25, -0.2) is 13.2 Å². The molecule has 21 heavy (non-hydrogen) atoms. The average Bonchev–Trinajstić information content (AvgIpc) is 2.41. The van der Waals surface area contributed by atoms with E-state index in [2.05, 4.69) is 10.2 Å². The third-order valence-corrected chi connectivity index (χ3v) is 3.53. The first-order valence-electron chi connectivity index (χ1n) is 6.72. The first kappa shape index (κ1) is 20.5. The van der Waals surface area contributed by atoms with Crippen LogP contribution in [0.3, 0.4) is 0 Å². The van der Waals surface area contributed by atoms with Crippen molar-refractivity contribution >= 4 is 24.8 Å². The lowest BCUT2D eigenvalue weighted by Gasteiger charge is -2.35. The van der Waals surface area contributed by atoms with Gasteiger partial charge in [0.15, 0.2) is 11.6 Å². The summed E-state index contributed by atoms with van der Waals surface area (Å²) in [5, 5.41) is 3.22. The summed E-state index contributed by atoms with van der Waals surface area (Å²) in [6.45, 7) is 5.16. The Kier molecular flexibility index (Phi) is 9.29. The van der Waals surface area contributed by atoms with Crippen LogP contribution >= 0.6 is 24.8 Å². The number of hydrogen-bond acceptors (Lipinski definition) is 2. The van der Waals surface area contributed by atoms with Gasteiger partial charge in [-0.3, -0.25) is 4.90 Å². The van der Waals surface area contributed by atoms with Gasteiger partial charge >= 0.3 is 0 Å². The van der Waals surface area contributed by atoms with Gasteiger partial charge in [0.2, 0.25) is 0 Å². The van der Waals surface area contributed by atoms with Crippen LogP contribution in [-0.4, -0.2) is 31.1 Å². The zero-order chi connectivity index (χ0) is 13.8. The maximum Gasteiger partial charge on any atom is 0.163 e. The summed E-state index contributed by atoms with van der Waals surface area (Å²) in [6, 6.07) is 1.47. The fourth-order valence-electron chi connectivity index (χ4n) is 2.62. The summed E-state index contributed by atoms with van der Waals surface area (Å²) in [7, 11) is 0. The van der Waals surface area contributed by atoms with Crippen molar-refractivity contribution in [2.75, 3.05) is 26.2 Å². The number of nitrogens with one attached hydrogen (secondary N) is 1. The second-order valence-electron chi connectivity index (χ2n) is 4.88. The van der Waals surface area contributed by atoms with Gasteiger partial charge in [-0.15, -0.1) is 24.8 Å². The molecule has 2 rings (SSSR count). The largest absolute Gasteiger partial charge is 0.314 e. The van der Waals surface area contributed by atoms with Crippen LogP contribution in [0.2, 0.25) is 0 Å². The lowest BCUT2D eigenvalue weighted by atomic mass is 9.99. The molecule has 1 N–H and O–H groups in total. The van der Waals surface area contributed by atoms with Gasteiger partial charge in [0.05, 0.1) is 0 Å². The Morgan fingerprint density at radius 1 is 1.14 bits per heavy atom. The highest BCUT2D eigenvalue weighted by molar-refractivity contribution is 5.85. The minimum Gasteiger partial charge on any atom is -0.314 e. The zero-order valence-electron chi connectivity index (χ0n) is 11.9. The smallest absolute Gasteiger partial charge is 0.163 e. The van der Waals surface area contributed by atoms with Gasteiger partial charge < -0.3 is 5.32 Å². The van der Waals surface area contributed by atoms with Crippen LogP contribution in [0.25, 0.3) is 0 Å². The molecule has 1 aromatic carbocycles. The summed E-state index contributed by atoms with van der Waals surface area (Å²) in [6.07, 6.45) is 1.53. The second kappa shape index (κ2) is 9.51. The molecule has 1 fully saturated rings. The molecule has 0 saturated carbocycles. The number of hydrogen-bond donors (Lipinski definition) is 1. The van der Waals surface area contributed by atoms with E-state index >= 15 is 0 Å². The van der Waals surface area contributed by atoms with Crippen LogP contribution in [0.5, 0.6) is 0 Å². The Bertz CT molecular complexity index is 440. The van der Waals surface area contributed by atoms with E-state index in [0.29, 0.717) is 12.5 Å². The van der Waals surface area contributed by atoms with Crippen LogP contribution in [-0.2, 0) is 0 Å². The monoisotopic (exact) mass is 344 g/mol. The molecule has 0 radical (unpaired) electrons. The number of piperazine rings is 1. The lowest BCUT2D eigenvalue weighted by molar-refractivity contribution is 0.160. The normalized spacial score (nSPS) is 16.8. The fraction of sp³-hybridized carbons (Fsp3) is 0.571. The number of nitrogens with zero attached hydrogens (tertiary/aromatic N) is 1. The molecular weight excluding hydrogens is 324 g/mol. The predicted octanol–water partition coefficient (Wildman–Crippen LogP) is 3.69. The van der Waals surface area contributed by atoms with E-state index in [1.807, 2.05) is 6.92 Å². The van der Waals surface area contributed by atoms with Crippen molar-refractivity contribution in [1.29, 1.82) is 0 Å². The number of rotatable bonds is 4. The van der Waals surface area contributed by atoms with Crippen LogP contribution in [0.1, 0.15) is 31.4 Å². The second-order valence-corrected chi connectivity index (χ2v) is 4.88. The zero-order valence-corrected chi connectivity index (χ0v) is 13.5.